The van der Waals surface area contributed by atoms with Crippen molar-refractivity contribution in [3.63, 3.8) is 0 Å². The van der Waals surface area contributed by atoms with Crippen LogP contribution in [0.1, 0.15) is 17.2 Å². The first kappa shape index (κ1) is 16.0. The second-order valence-corrected chi connectivity index (χ2v) is 5.41. The lowest BCUT2D eigenvalue weighted by Crippen LogP contribution is -2.15. The number of benzene rings is 2. The maximum atomic E-state index is 6.31. The Morgan fingerprint density at radius 2 is 1.62 bits per heavy atom. The summed E-state index contributed by atoms with van der Waals surface area (Å²) in [6.45, 7) is 0. The van der Waals surface area contributed by atoms with Crippen molar-refractivity contribution in [2.45, 2.75) is 12.5 Å². The zero-order valence-electron chi connectivity index (χ0n) is 11.9. The van der Waals surface area contributed by atoms with E-state index in [1.54, 1.807) is 26.4 Å². The number of hydrogen-bond acceptors (Lipinski definition) is 3. The topological polar surface area (TPSA) is 44.5 Å². The fourth-order valence-corrected chi connectivity index (χ4v) is 2.81. The van der Waals surface area contributed by atoms with Crippen LogP contribution in [0.5, 0.6) is 11.5 Å². The van der Waals surface area contributed by atoms with Crippen LogP contribution in [0.15, 0.2) is 36.4 Å². The molecule has 0 bridgehead atoms. The standard InChI is InChI=1S/C16H17Cl2NO2/c1-20-15-8-3-5-10(16(15)21-2)14(19)9-11-12(17)6-4-7-13(11)18/h3-8,14H,9,19H2,1-2H3. The van der Waals surface area contributed by atoms with Gasteiger partial charge >= 0.3 is 0 Å². The van der Waals surface area contributed by atoms with E-state index in [2.05, 4.69) is 0 Å². The highest BCUT2D eigenvalue weighted by atomic mass is 35.5. The van der Waals surface area contributed by atoms with Crippen LogP contribution in [0.3, 0.4) is 0 Å². The maximum absolute atomic E-state index is 6.31. The van der Waals surface area contributed by atoms with E-state index in [1.807, 2.05) is 24.3 Å². The lowest BCUT2D eigenvalue weighted by atomic mass is 9.98. The Labute approximate surface area is 134 Å². The number of nitrogens with two attached hydrogens (primary N) is 1. The quantitative estimate of drug-likeness (QED) is 0.893. The van der Waals surface area contributed by atoms with Gasteiger partial charge in [-0.25, -0.2) is 0 Å². The Hall–Kier alpha value is -1.42. The zero-order valence-corrected chi connectivity index (χ0v) is 13.4. The molecule has 0 aromatic heterocycles. The zero-order chi connectivity index (χ0) is 15.4. The largest absolute Gasteiger partial charge is 0.493 e. The molecule has 2 aromatic rings. The summed E-state index contributed by atoms with van der Waals surface area (Å²) < 4.78 is 10.7. The van der Waals surface area contributed by atoms with E-state index >= 15 is 0 Å². The predicted octanol–water partition coefficient (Wildman–Crippen LogP) is 4.25. The van der Waals surface area contributed by atoms with Crippen LogP contribution in [0.4, 0.5) is 0 Å². The van der Waals surface area contributed by atoms with Crippen molar-refractivity contribution in [3.8, 4) is 11.5 Å². The summed E-state index contributed by atoms with van der Waals surface area (Å²) in [6.07, 6.45) is 0.516. The smallest absolute Gasteiger partial charge is 0.165 e. The minimum atomic E-state index is -0.299. The molecule has 0 aliphatic rings. The average molecular weight is 326 g/mol. The Bertz CT molecular complexity index is 611. The van der Waals surface area contributed by atoms with Crippen LogP contribution in [-0.4, -0.2) is 14.2 Å². The molecule has 0 saturated carbocycles. The maximum Gasteiger partial charge on any atom is 0.165 e. The van der Waals surface area contributed by atoms with Gasteiger partial charge < -0.3 is 15.2 Å². The first-order valence-corrected chi connectivity index (χ1v) is 7.23. The van der Waals surface area contributed by atoms with Gasteiger partial charge in [-0.1, -0.05) is 41.4 Å². The molecule has 0 spiro atoms. The van der Waals surface area contributed by atoms with Gasteiger partial charge in [-0.05, 0) is 30.2 Å². The summed E-state index contributed by atoms with van der Waals surface area (Å²) in [5, 5.41) is 1.22. The van der Waals surface area contributed by atoms with Gasteiger partial charge in [0.1, 0.15) is 0 Å². The minimum absolute atomic E-state index is 0.299. The molecule has 2 N–H and O–H groups in total. The van der Waals surface area contributed by atoms with E-state index in [0.29, 0.717) is 28.0 Å². The van der Waals surface area contributed by atoms with E-state index in [1.165, 1.54) is 0 Å². The number of hydrogen-bond donors (Lipinski definition) is 1. The fraction of sp³-hybridized carbons (Fsp3) is 0.250. The van der Waals surface area contributed by atoms with Crippen molar-refractivity contribution in [3.05, 3.63) is 57.6 Å². The van der Waals surface area contributed by atoms with Gasteiger partial charge in [0.2, 0.25) is 0 Å². The Balaban J connectivity index is 2.35. The van der Waals surface area contributed by atoms with E-state index in [0.717, 1.165) is 11.1 Å². The normalized spacial score (nSPS) is 12.0. The highest BCUT2D eigenvalue weighted by Crippen LogP contribution is 2.36. The molecule has 0 fully saturated rings. The monoisotopic (exact) mass is 325 g/mol. The predicted molar refractivity (Wildman–Crippen MR) is 86.6 cm³/mol. The SMILES string of the molecule is COc1cccc(C(N)Cc2c(Cl)cccc2Cl)c1OC. The molecule has 0 heterocycles. The summed E-state index contributed by atoms with van der Waals surface area (Å²) in [4.78, 5) is 0. The van der Waals surface area contributed by atoms with Crippen LogP contribution in [0.25, 0.3) is 0 Å². The molecule has 0 amide bonds. The van der Waals surface area contributed by atoms with Gasteiger partial charge in [0, 0.05) is 21.7 Å². The Morgan fingerprint density at radius 1 is 1.00 bits per heavy atom. The van der Waals surface area contributed by atoms with Crippen molar-refractivity contribution < 1.29 is 9.47 Å². The third kappa shape index (κ3) is 3.43. The van der Waals surface area contributed by atoms with E-state index in [4.69, 9.17) is 38.4 Å². The molecular weight excluding hydrogens is 309 g/mol. The van der Waals surface area contributed by atoms with E-state index in [9.17, 15) is 0 Å². The van der Waals surface area contributed by atoms with Crippen molar-refractivity contribution in [1.82, 2.24) is 0 Å². The second kappa shape index (κ2) is 7.03. The molecule has 3 nitrogen and oxygen atoms in total. The summed E-state index contributed by atoms with van der Waals surface area (Å²) in [6, 6.07) is 10.7. The van der Waals surface area contributed by atoms with Crippen LogP contribution in [0, 0.1) is 0 Å². The third-order valence-corrected chi connectivity index (χ3v) is 4.03. The number of ether oxygens (including phenoxy) is 2. The summed E-state index contributed by atoms with van der Waals surface area (Å²) >= 11 is 12.4. The van der Waals surface area contributed by atoms with Gasteiger partial charge in [0.15, 0.2) is 11.5 Å². The van der Waals surface area contributed by atoms with Crippen molar-refractivity contribution in [2.75, 3.05) is 14.2 Å². The molecule has 1 unspecified atom stereocenters. The van der Waals surface area contributed by atoms with Gasteiger partial charge in [-0.2, -0.15) is 0 Å². The molecule has 0 aliphatic carbocycles. The van der Waals surface area contributed by atoms with Gasteiger partial charge in [-0.15, -0.1) is 0 Å². The average Bonchev–Trinajstić information content (AvgIpc) is 2.49. The molecular formula is C16H17Cl2NO2. The molecule has 0 radical (unpaired) electrons. The van der Waals surface area contributed by atoms with E-state index < -0.39 is 0 Å². The van der Waals surface area contributed by atoms with Gasteiger partial charge in [0.25, 0.3) is 0 Å². The van der Waals surface area contributed by atoms with Gasteiger partial charge in [-0.3, -0.25) is 0 Å². The second-order valence-electron chi connectivity index (χ2n) is 4.59. The lowest BCUT2D eigenvalue weighted by Gasteiger charge is -2.19. The van der Waals surface area contributed by atoms with E-state index in [-0.39, 0.29) is 6.04 Å². The first-order valence-electron chi connectivity index (χ1n) is 6.47. The molecule has 0 aliphatic heterocycles. The number of methoxy groups -OCH3 is 2. The molecule has 21 heavy (non-hydrogen) atoms. The van der Waals surface area contributed by atoms with Crippen LogP contribution in [0.2, 0.25) is 10.0 Å². The molecule has 5 heteroatoms. The van der Waals surface area contributed by atoms with Gasteiger partial charge in [0.05, 0.1) is 14.2 Å². The molecule has 0 saturated heterocycles. The van der Waals surface area contributed by atoms with Crippen molar-refractivity contribution in [2.24, 2.45) is 5.73 Å². The molecule has 1 atom stereocenters. The Kier molecular flexibility index (Phi) is 5.34. The highest BCUT2D eigenvalue weighted by Gasteiger charge is 2.18. The lowest BCUT2D eigenvalue weighted by molar-refractivity contribution is 0.349. The first-order chi connectivity index (χ1) is 10.1. The van der Waals surface area contributed by atoms with Crippen molar-refractivity contribution >= 4 is 23.2 Å². The third-order valence-electron chi connectivity index (χ3n) is 3.32. The summed E-state index contributed by atoms with van der Waals surface area (Å²) in [5.74, 6) is 1.28. The van der Waals surface area contributed by atoms with Crippen LogP contribution >= 0.6 is 23.2 Å². The Morgan fingerprint density at radius 3 is 2.19 bits per heavy atom. The van der Waals surface area contributed by atoms with Crippen LogP contribution in [-0.2, 0) is 6.42 Å². The molecule has 112 valence electrons. The van der Waals surface area contributed by atoms with Crippen LogP contribution < -0.4 is 15.2 Å². The fourth-order valence-electron chi connectivity index (χ4n) is 2.26. The van der Waals surface area contributed by atoms with Crippen molar-refractivity contribution in [1.29, 1.82) is 0 Å². The summed E-state index contributed by atoms with van der Waals surface area (Å²) in [7, 11) is 3.19. The summed E-state index contributed by atoms with van der Waals surface area (Å²) in [5.41, 5.74) is 8.00. The molecule has 2 aromatic carbocycles. The minimum Gasteiger partial charge on any atom is -0.493 e. The molecule has 2 rings (SSSR count). The highest BCUT2D eigenvalue weighted by molar-refractivity contribution is 6.36. The number of para-hydroxylation sites is 1. The number of halogens is 2. The number of rotatable bonds is 5.